The molecule has 114 valence electrons. The Balaban J connectivity index is 2.24. The van der Waals surface area contributed by atoms with Crippen molar-refractivity contribution in [3.05, 3.63) is 38.7 Å². The summed E-state index contributed by atoms with van der Waals surface area (Å²) in [6, 6.07) is 0.124. The van der Waals surface area contributed by atoms with Crippen LogP contribution in [0.2, 0.25) is 0 Å². The summed E-state index contributed by atoms with van der Waals surface area (Å²) in [5, 5.41) is 3.21. The van der Waals surface area contributed by atoms with Crippen LogP contribution in [0.3, 0.4) is 0 Å². The second-order valence-electron chi connectivity index (χ2n) is 5.26. The lowest BCUT2D eigenvalue weighted by atomic mass is 10.2. The number of aromatic nitrogens is 2. The highest BCUT2D eigenvalue weighted by molar-refractivity contribution is 5.92. The largest absolute Gasteiger partial charge is 0.334 e. The third-order valence-electron chi connectivity index (χ3n) is 3.66. The molecule has 1 fully saturated rings. The molecular weight excluding hydrogens is 272 g/mol. The zero-order chi connectivity index (χ0) is 15.6. The molecule has 1 unspecified atom stereocenters. The molecule has 0 aliphatic carbocycles. The predicted octanol–water partition coefficient (Wildman–Crippen LogP) is -1.08. The molecule has 1 saturated heterocycles. The summed E-state index contributed by atoms with van der Waals surface area (Å²) in [7, 11) is 2.99. The molecule has 1 aliphatic rings. The van der Waals surface area contributed by atoms with E-state index in [4.69, 9.17) is 0 Å². The number of carbonyl (C=O) groups is 1. The molecule has 2 heterocycles. The summed E-state index contributed by atoms with van der Waals surface area (Å²) in [4.78, 5) is 37.5. The molecule has 1 aromatic heterocycles. The highest BCUT2D eigenvalue weighted by atomic mass is 16.2. The fourth-order valence-corrected chi connectivity index (χ4v) is 2.38. The third kappa shape index (κ3) is 3.13. The van der Waals surface area contributed by atoms with Crippen LogP contribution < -0.4 is 16.6 Å². The van der Waals surface area contributed by atoms with Crippen molar-refractivity contribution < 1.29 is 4.79 Å². The molecule has 7 nitrogen and oxygen atoms in total. The van der Waals surface area contributed by atoms with Crippen LogP contribution in [0, 0.1) is 0 Å². The lowest BCUT2D eigenvalue weighted by Gasteiger charge is -2.33. The molecule has 0 aromatic carbocycles. The molecule has 0 radical (unpaired) electrons. The standard InChI is InChI=1S/C14H20N4O3/c1-10-8-15-6-7-18(10)12(19)5-4-11-9-16(2)14(21)17(3)13(11)20/h4-5,9-10,15H,6-8H2,1-3H3/b5-4+. The second-order valence-corrected chi connectivity index (χ2v) is 5.26. The fourth-order valence-electron chi connectivity index (χ4n) is 2.38. The quantitative estimate of drug-likeness (QED) is 0.703. The van der Waals surface area contributed by atoms with E-state index < -0.39 is 5.56 Å². The van der Waals surface area contributed by atoms with Gasteiger partial charge in [0.05, 0.1) is 5.56 Å². The van der Waals surface area contributed by atoms with E-state index in [1.54, 1.807) is 11.9 Å². The number of piperazine rings is 1. The summed E-state index contributed by atoms with van der Waals surface area (Å²) in [5.74, 6) is -0.125. The Morgan fingerprint density at radius 2 is 2.10 bits per heavy atom. The van der Waals surface area contributed by atoms with Crippen molar-refractivity contribution in [2.75, 3.05) is 19.6 Å². The molecule has 2 rings (SSSR count). The molecule has 1 amide bonds. The Morgan fingerprint density at radius 3 is 2.76 bits per heavy atom. The number of amides is 1. The summed E-state index contributed by atoms with van der Waals surface area (Å²) in [6.45, 7) is 4.16. The SMILES string of the molecule is CC1CNCCN1C(=O)/C=C/c1cn(C)c(=O)n(C)c1=O. The van der Waals surface area contributed by atoms with Gasteiger partial charge in [0, 0.05) is 52.0 Å². The van der Waals surface area contributed by atoms with E-state index >= 15 is 0 Å². The second kappa shape index (κ2) is 6.09. The van der Waals surface area contributed by atoms with E-state index in [0.717, 1.165) is 17.7 Å². The Hall–Kier alpha value is -2.15. The third-order valence-corrected chi connectivity index (χ3v) is 3.66. The van der Waals surface area contributed by atoms with Crippen LogP contribution in [-0.2, 0) is 18.9 Å². The molecule has 1 atom stereocenters. The van der Waals surface area contributed by atoms with Crippen molar-refractivity contribution in [1.29, 1.82) is 0 Å². The topological polar surface area (TPSA) is 76.3 Å². The number of hydrogen-bond donors (Lipinski definition) is 1. The van der Waals surface area contributed by atoms with Crippen LogP contribution in [0.25, 0.3) is 6.08 Å². The molecule has 21 heavy (non-hydrogen) atoms. The Labute approximate surface area is 122 Å². The molecule has 0 spiro atoms. The van der Waals surface area contributed by atoms with Gasteiger partial charge >= 0.3 is 5.69 Å². The van der Waals surface area contributed by atoms with Gasteiger partial charge in [-0.3, -0.25) is 14.2 Å². The van der Waals surface area contributed by atoms with Gasteiger partial charge in [0.2, 0.25) is 5.91 Å². The average molecular weight is 292 g/mol. The van der Waals surface area contributed by atoms with E-state index in [1.165, 1.54) is 30.0 Å². The number of nitrogens with one attached hydrogen (secondary N) is 1. The number of hydrogen-bond acceptors (Lipinski definition) is 4. The monoisotopic (exact) mass is 292 g/mol. The maximum atomic E-state index is 12.2. The summed E-state index contributed by atoms with van der Waals surface area (Å²) >= 11 is 0. The van der Waals surface area contributed by atoms with Gasteiger partial charge in [-0.15, -0.1) is 0 Å². The minimum absolute atomic E-state index is 0.124. The Bertz CT molecular complexity index is 686. The Kier molecular flexibility index (Phi) is 4.42. The number of nitrogens with zero attached hydrogens (tertiary/aromatic N) is 3. The lowest BCUT2D eigenvalue weighted by molar-refractivity contribution is -0.128. The van der Waals surface area contributed by atoms with Crippen LogP contribution in [0.4, 0.5) is 0 Å². The fraction of sp³-hybridized carbons (Fsp3) is 0.500. The predicted molar refractivity (Wildman–Crippen MR) is 80.0 cm³/mol. The van der Waals surface area contributed by atoms with E-state index in [0.29, 0.717) is 12.1 Å². The van der Waals surface area contributed by atoms with Crippen LogP contribution in [0.15, 0.2) is 21.9 Å². The van der Waals surface area contributed by atoms with Crippen LogP contribution in [0.1, 0.15) is 12.5 Å². The van der Waals surface area contributed by atoms with Crippen LogP contribution in [0.5, 0.6) is 0 Å². The van der Waals surface area contributed by atoms with Crippen LogP contribution in [-0.4, -0.2) is 45.6 Å². The van der Waals surface area contributed by atoms with E-state index in [9.17, 15) is 14.4 Å². The van der Waals surface area contributed by atoms with Crippen LogP contribution >= 0.6 is 0 Å². The molecular formula is C14H20N4O3. The molecule has 1 aliphatic heterocycles. The van der Waals surface area contributed by atoms with Gasteiger partial charge in [-0.2, -0.15) is 0 Å². The molecule has 0 bridgehead atoms. The zero-order valence-electron chi connectivity index (χ0n) is 12.5. The first-order valence-corrected chi connectivity index (χ1v) is 6.88. The maximum absolute atomic E-state index is 12.2. The van der Waals surface area contributed by atoms with Gasteiger partial charge in [-0.05, 0) is 13.0 Å². The number of carbonyl (C=O) groups excluding carboxylic acids is 1. The van der Waals surface area contributed by atoms with Crippen molar-refractivity contribution >= 4 is 12.0 Å². The van der Waals surface area contributed by atoms with Crippen molar-refractivity contribution in [3.63, 3.8) is 0 Å². The van der Waals surface area contributed by atoms with Gasteiger partial charge in [-0.1, -0.05) is 0 Å². The van der Waals surface area contributed by atoms with Crippen molar-refractivity contribution in [2.24, 2.45) is 14.1 Å². The van der Waals surface area contributed by atoms with Crippen molar-refractivity contribution in [1.82, 2.24) is 19.4 Å². The van der Waals surface area contributed by atoms with Gasteiger partial charge < -0.3 is 14.8 Å². The summed E-state index contributed by atoms with van der Waals surface area (Å²) in [5.41, 5.74) is -0.481. The summed E-state index contributed by atoms with van der Waals surface area (Å²) in [6.07, 6.45) is 4.30. The molecule has 1 N–H and O–H groups in total. The van der Waals surface area contributed by atoms with Gasteiger partial charge in [-0.25, -0.2) is 4.79 Å². The van der Waals surface area contributed by atoms with Gasteiger partial charge in [0.1, 0.15) is 0 Å². The Morgan fingerprint density at radius 1 is 1.38 bits per heavy atom. The van der Waals surface area contributed by atoms with E-state index in [2.05, 4.69) is 5.32 Å². The highest BCUT2D eigenvalue weighted by Crippen LogP contribution is 2.04. The first kappa shape index (κ1) is 15.2. The zero-order valence-corrected chi connectivity index (χ0v) is 12.5. The maximum Gasteiger partial charge on any atom is 0.330 e. The molecule has 1 aromatic rings. The van der Waals surface area contributed by atoms with E-state index in [1.807, 2.05) is 6.92 Å². The van der Waals surface area contributed by atoms with Gasteiger partial charge in [0.25, 0.3) is 5.56 Å². The first-order chi connectivity index (χ1) is 9.91. The smallest absolute Gasteiger partial charge is 0.330 e. The van der Waals surface area contributed by atoms with Gasteiger partial charge in [0.15, 0.2) is 0 Å². The number of rotatable bonds is 2. The van der Waals surface area contributed by atoms with Crippen molar-refractivity contribution in [2.45, 2.75) is 13.0 Å². The minimum atomic E-state index is -0.407. The number of aryl methyl sites for hydroxylation is 1. The minimum Gasteiger partial charge on any atom is -0.334 e. The normalized spacial score (nSPS) is 19.2. The molecule has 7 heteroatoms. The van der Waals surface area contributed by atoms with E-state index in [-0.39, 0.29) is 17.6 Å². The average Bonchev–Trinajstić information content (AvgIpc) is 2.47. The summed E-state index contributed by atoms with van der Waals surface area (Å²) < 4.78 is 2.34. The van der Waals surface area contributed by atoms with Crippen molar-refractivity contribution in [3.8, 4) is 0 Å². The first-order valence-electron chi connectivity index (χ1n) is 6.88. The lowest BCUT2D eigenvalue weighted by Crippen LogP contribution is -2.51. The highest BCUT2D eigenvalue weighted by Gasteiger charge is 2.20. The molecule has 0 saturated carbocycles.